The van der Waals surface area contributed by atoms with Crippen molar-refractivity contribution in [3.05, 3.63) is 26.6 Å². The van der Waals surface area contributed by atoms with Gasteiger partial charge in [0, 0.05) is 27.0 Å². The predicted molar refractivity (Wildman–Crippen MR) is 74.0 cm³/mol. The lowest BCUT2D eigenvalue weighted by molar-refractivity contribution is 0.132. The lowest BCUT2D eigenvalue weighted by Crippen LogP contribution is -2.33. The molecule has 16 heavy (non-hydrogen) atoms. The van der Waals surface area contributed by atoms with Crippen LogP contribution < -0.4 is 11.5 Å². The van der Waals surface area contributed by atoms with Crippen molar-refractivity contribution in [3.8, 4) is 0 Å². The summed E-state index contributed by atoms with van der Waals surface area (Å²) in [5.41, 5.74) is 13.2. The molecule has 5 heteroatoms. The molecular formula is C11H16Br2N2O. The van der Waals surface area contributed by atoms with Crippen molar-refractivity contribution in [1.29, 1.82) is 0 Å². The summed E-state index contributed by atoms with van der Waals surface area (Å²) in [5, 5.41) is 9.31. The topological polar surface area (TPSA) is 72.3 Å². The Morgan fingerprint density at radius 1 is 1.38 bits per heavy atom. The number of aliphatic hydroxyl groups excluding tert-OH is 1. The van der Waals surface area contributed by atoms with Gasteiger partial charge >= 0.3 is 0 Å². The van der Waals surface area contributed by atoms with Gasteiger partial charge in [-0.15, -0.1) is 0 Å². The second-order valence-electron chi connectivity index (χ2n) is 4.51. The molecule has 0 unspecified atom stereocenters. The molecule has 0 heterocycles. The Hall–Kier alpha value is -0.100. The minimum Gasteiger partial charge on any atom is -0.398 e. The first-order chi connectivity index (χ1) is 7.29. The number of rotatable bonds is 3. The van der Waals surface area contributed by atoms with Gasteiger partial charge in [0.05, 0.1) is 5.69 Å². The third kappa shape index (κ3) is 2.77. The van der Waals surface area contributed by atoms with Crippen LogP contribution in [0.5, 0.6) is 0 Å². The van der Waals surface area contributed by atoms with Crippen LogP contribution in [-0.2, 0) is 0 Å². The highest BCUT2D eigenvalue weighted by molar-refractivity contribution is 9.11. The van der Waals surface area contributed by atoms with E-state index >= 15 is 0 Å². The van der Waals surface area contributed by atoms with Crippen LogP contribution in [0.4, 0.5) is 5.69 Å². The maximum absolute atomic E-state index is 9.31. The van der Waals surface area contributed by atoms with Gasteiger partial charge in [0.2, 0.25) is 0 Å². The minimum absolute atomic E-state index is 0.0116. The van der Waals surface area contributed by atoms with E-state index in [0.717, 1.165) is 14.5 Å². The molecule has 1 rings (SSSR count). The van der Waals surface area contributed by atoms with Crippen LogP contribution in [0.2, 0.25) is 0 Å². The van der Waals surface area contributed by atoms with Crippen molar-refractivity contribution < 1.29 is 5.11 Å². The molecule has 0 spiro atoms. The van der Waals surface area contributed by atoms with E-state index in [0.29, 0.717) is 5.69 Å². The molecule has 0 aliphatic carbocycles. The fraction of sp³-hybridized carbons (Fsp3) is 0.455. The third-order valence-electron chi connectivity index (χ3n) is 2.71. The zero-order valence-electron chi connectivity index (χ0n) is 9.30. The van der Waals surface area contributed by atoms with Crippen molar-refractivity contribution in [2.24, 2.45) is 11.1 Å². The van der Waals surface area contributed by atoms with Crippen LogP contribution >= 0.6 is 31.9 Å². The summed E-state index contributed by atoms with van der Waals surface area (Å²) in [4.78, 5) is 0. The molecule has 1 atom stereocenters. The van der Waals surface area contributed by atoms with Crippen LogP contribution in [0, 0.1) is 5.41 Å². The largest absolute Gasteiger partial charge is 0.398 e. The van der Waals surface area contributed by atoms with Gasteiger partial charge in [0.15, 0.2) is 0 Å². The van der Waals surface area contributed by atoms with E-state index in [4.69, 9.17) is 11.5 Å². The molecule has 0 fully saturated rings. The van der Waals surface area contributed by atoms with Gasteiger partial charge in [-0.05, 0) is 33.6 Å². The predicted octanol–water partition coefficient (Wildman–Crippen LogP) is 2.81. The van der Waals surface area contributed by atoms with Gasteiger partial charge in [-0.3, -0.25) is 0 Å². The number of benzene rings is 1. The summed E-state index contributed by atoms with van der Waals surface area (Å²) in [6.45, 7) is 3.83. The SMILES string of the molecule is CC(C)(CO)[C@@H](N)c1cc(Br)cc(Br)c1N. The molecule has 1 aromatic rings. The van der Waals surface area contributed by atoms with Crippen molar-refractivity contribution in [2.45, 2.75) is 19.9 Å². The van der Waals surface area contributed by atoms with E-state index in [1.54, 1.807) is 0 Å². The number of anilines is 1. The minimum atomic E-state index is -0.408. The third-order valence-corrected chi connectivity index (χ3v) is 3.82. The number of hydrogen-bond acceptors (Lipinski definition) is 3. The van der Waals surface area contributed by atoms with Gasteiger partial charge in [-0.1, -0.05) is 29.8 Å². The number of nitrogens with two attached hydrogens (primary N) is 2. The van der Waals surface area contributed by atoms with E-state index in [1.165, 1.54) is 0 Å². The first-order valence-corrected chi connectivity index (χ1v) is 6.49. The summed E-state index contributed by atoms with van der Waals surface area (Å²) in [7, 11) is 0. The summed E-state index contributed by atoms with van der Waals surface area (Å²) >= 11 is 6.78. The van der Waals surface area contributed by atoms with E-state index in [-0.39, 0.29) is 12.6 Å². The highest BCUT2D eigenvalue weighted by Crippen LogP contribution is 2.38. The van der Waals surface area contributed by atoms with E-state index in [1.807, 2.05) is 26.0 Å². The molecule has 90 valence electrons. The van der Waals surface area contributed by atoms with Crippen molar-refractivity contribution >= 4 is 37.5 Å². The fourth-order valence-electron chi connectivity index (χ4n) is 1.38. The lowest BCUT2D eigenvalue weighted by Gasteiger charge is -2.31. The zero-order chi connectivity index (χ0) is 12.5. The maximum Gasteiger partial charge on any atom is 0.0507 e. The quantitative estimate of drug-likeness (QED) is 0.733. The Bertz CT molecular complexity index is 394. The molecule has 1 aromatic carbocycles. The molecule has 0 aromatic heterocycles. The Labute approximate surface area is 112 Å². The monoisotopic (exact) mass is 350 g/mol. The molecule has 0 saturated heterocycles. The van der Waals surface area contributed by atoms with Crippen LogP contribution in [0.3, 0.4) is 0 Å². The lowest BCUT2D eigenvalue weighted by atomic mass is 9.81. The first-order valence-electron chi connectivity index (χ1n) is 4.90. The normalized spacial score (nSPS) is 13.9. The molecule has 0 amide bonds. The van der Waals surface area contributed by atoms with Crippen LogP contribution in [0.25, 0.3) is 0 Å². The summed E-state index contributed by atoms with van der Waals surface area (Å²) in [6, 6.07) is 3.45. The Balaban J connectivity index is 3.23. The van der Waals surface area contributed by atoms with Crippen LogP contribution in [0.1, 0.15) is 25.5 Å². The standard InChI is InChI=1S/C11H16Br2N2O/c1-11(2,5-16)10(15)7-3-6(12)4-8(13)9(7)14/h3-4,10,16H,5,14-15H2,1-2H3/t10-/m0/s1. The average molecular weight is 352 g/mol. The van der Waals surface area contributed by atoms with E-state index in [2.05, 4.69) is 31.9 Å². The molecule has 3 nitrogen and oxygen atoms in total. The van der Waals surface area contributed by atoms with E-state index in [9.17, 15) is 5.11 Å². The number of aliphatic hydroxyl groups is 1. The van der Waals surface area contributed by atoms with Gasteiger partial charge in [0.25, 0.3) is 0 Å². The number of halogens is 2. The Kier molecular flexibility index (Phi) is 4.40. The number of nitrogen functional groups attached to an aromatic ring is 1. The average Bonchev–Trinajstić information content (AvgIpc) is 2.22. The van der Waals surface area contributed by atoms with Gasteiger partial charge in [-0.25, -0.2) is 0 Å². The second kappa shape index (κ2) is 5.04. The molecule has 0 radical (unpaired) electrons. The molecule has 5 N–H and O–H groups in total. The molecule has 0 aliphatic heterocycles. The maximum atomic E-state index is 9.31. The molecule has 0 bridgehead atoms. The highest BCUT2D eigenvalue weighted by atomic mass is 79.9. The van der Waals surface area contributed by atoms with Crippen molar-refractivity contribution in [3.63, 3.8) is 0 Å². The van der Waals surface area contributed by atoms with Crippen LogP contribution in [-0.4, -0.2) is 11.7 Å². The summed E-state index contributed by atoms with van der Waals surface area (Å²) in [5.74, 6) is 0. The molecule has 0 aliphatic rings. The van der Waals surface area contributed by atoms with Gasteiger partial charge < -0.3 is 16.6 Å². The second-order valence-corrected chi connectivity index (χ2v) is 6.28. The zero-order valence-corrected chi connectivity index (χ0v) is 12.5. The van der Waals surface area contributed by atoms with Crippen molar-refractivity contribution in [1.82, 2.24) is 0 Å². The highest BCUT2D eigenvalue weighted by Gasteiger charge is 2.29. The first kappa shape index (κ1) is 14.0. The van der Waals surface area contributed by atoms with Gasteiger partial charge in [0.1, 0.15) is 0 Å². The van der Waals surface area contributed by atoms with Crippen LogP contribution in [0.15, 0.2) is 21.1 Å². The smallest absolute Gasteiger partial charge is 0.0507 e. The molecule has 0 saturated carbocycles. The Morgan fingerprint density at radius 3 is 2.44 bits per heavy atom. The summed E-state index contributed by atoms with van der Waals surface area (Å²) < 4.78 is 1.72. The van der Waals surface area contributed by atoms with Gasteiger partial charge in [-0.2, -0.15) is 0 Å². The van der Waals surface area contributed by atoms with E-state index < -0.39 is 5.41 Å². The fourth-order valence-corrected chi connectivity index (χ4v) is 2.64. The molecular weight excluding hydrogens is 336 g/mol. The van der Waals surface area contributed by atoms with Crippen molar-refractivity contribution in [2.75, 3.05) is 12.3 Å². The Morgan fingerprint density at radius 2 is 1.94 bits per heavy atom. The number of hydrogen-bond donors (Lipinski definition) is 3. The summed E-state index contributed by atoms with van der Waals surface area (Å²) in [6.07, 6.45) is 0.